The summed E-state index contributed by atoms with van der Waals surface area (Å²) in [5.41, 5.74) is 0. The van der Waals surface area contributed by atoms with Gasteiger partial charge in [-0.05, 0) is 45.2 Å². The summed E-state index contributed by atoms with van der Waals surface area (Å²) >= 11 is 0. The standard InChI is InChI=1S/C13H24N2O/c16-13(11-5-4-9-14-10-8-11)15-12-6-2-1-3-7-12/h11-12,14H,1-10H2,(H,15,16). The van der Waals surface area contributed by atoms with E-state index in [2.05, 4.69) is 10.6 Å². The van der Waals surface area contributed by atoms with Gasteiger partial charge in [-0.1, -0.05) is 19.3 Å². The molecule has 0 bridgehead atoms. The van der Waals surface area contributed by atoms with E-state index in [4.69, 9.17) is 0 Å². The highest BCUT2D eigenvalue weighted by molar-refractivity contribution is 5.78. The van der Waals surface area contributed by atoms with Crippen LogP contribution in [0.3, 0.4) is 0 Å². The zero-order valence-corrected chi connectivity index (χ0v) is 10.1. The first-order chi connectivity index (χ1) is 7.86. The van der Waals surface area contributed by atoms with Crippen molar-refractivity contribution in [2.24, 2.45) is 5.92 Å². The molecule has 0 aromatic carbocycles. The summed E-state index contributed by atoms with van der Waals surface area (Å²) in [6, 6.07) is 0.470. The molecule has 1 atom stereocenters. The van der Waals surface area contributed by atoms with Gasteiger partial charge >= 0.3 is 0 Å². The summed E-state index contributed by atoms with van der Waals surface area (Å²) in [5, 5.41) is 6.61. The number of amides is 1. The number of carbonyl (C=O) groups is 1. The molecule has 1 saturated heterocycles. The summed E-state index contributed by atoms with van der Waals surface area (Å²) < 4.78 is 0. The Hall–Kier alpha value is -0.570. The lowest BCUT2D eigenvalue weighted by Crippen LogP contribution is -2.40. The summed E-state index contributed by atoms with van der Waals surface area (Å²) in [4.78, 5) is 12.1. The van der Waals surface area contributed by atoms with Gasteiger partial charge in [0.25, 0.3) is 0 Å². The van der Waals surface area contributed by atoms with Crippen LogP contribution in [0.5, 0.6) is 0 Å². The molecular formula is C13H24N2O. The lowest BCUT2D eigenvalue weighted by atomic mass is 9.93. The molecule has 0 aromatic heterocycles. The topological polar surface area (TPSA) is 41.1 Å². The minimum absolute atomic E-state index is 0.261. The summed E-state index contributed by atoms with van der Waals surface area (Å²) in [6.45, 7) is 2.08. The predicted molar refractivity (Wildman–Crippen MR) is 65.2 cm³/mol. The van der Waals surface area contributed by atoms with Crippen molar-refractivity contribution in [3.63, 3.8) is 0 Å². The Morgan fingerprint density at radius 2 is 1.75 bits per heavy atom. The third kappa shape index (κ3) is 3.48. The van der Waals surface area contributed by atoms with Gasteiger partial charge in [0.1, 0.15) is 0 Å². The van der Waals surface area contributed by atoms with Crippen LogP contribution in [0.4, 0.5) is 0 Å². The molecule has 1 unspecified atom stereocenters. The molecule has 16 heavy (non-hydrogen) atoms. The molecule has 0 radical (unpaired) electrons. The average Bonchev–Trinajstić information content (AvgIpc) is 2.59. The number of rotatable bonds is 2. The second-order valence-corrected chi connectivity index (χ2v) is 5.22. The molecule has 2 N–H and O–H groups in total. The lowest BCUT2D eigenvalue weighted by molar-refractivity contribution is -0.126. The minimum Gasteiger partial charge on any atom is -0.353 e. The number of nitrogens with one attached hydrogen (secondary N) is 2. The van der Waals surface area contributed by atoms with Crippen molar-refractivity contribution in [2.45, 2.75) is 57.4 Å². The maximum atomic E-state index is 12.1. The minimum atomic E-state index is 0.261. The van der Waals surface area contributed by atoms with Gasteiger partial charge < -0.3 is 10.6 Å². The van der Waals surface area contributed by atoms with E-state index in [1.807, 2.05) is 0 Å². The third-order valence-corrected chi connectivity index (χ3v) is 3.90. The van der Waals surface area contributed by atoms with Crippen LogP contribution < -0.4 is 10.6 Å². The summed E-state index contributed by atoms with van der Waals surface area (Å²) in [5.74, 6) is 0.576. The Kier molecular flexibility index (Phi) is 4.64. The quantitative estimate of drug-likeness (QED) is 0.751. The molecule has 2 rings (SSSR count). The molecule has 3 heteroatoms. The van der Waals surface area contributed by atoms with Crippen molar-refractivity contribution in [1.82, 2.24) is 10.6 Å². The van der Waals surface area contributed by atoms with Crippen molar-refractivity contribution in [3.8, 4) is 0 Å². The average molecular weight is 224 g/mol. The molecule has 1 saturated carbocycles. The van der Waals surface area contributed by atoms with Gasteiger partial charge in [-0.3, -0.25) is 4.79 Å². The smallest absolute Gasteiger partial charge is 0.223 e. The van der Waals surface area contributed by atoms with Gasteiger partial charge in [-0.2, -0.15) is 0 Å². The number of hydrogen-bond donors (Lipinski definition) is 2. The van der Waals surface area contributed by atoms with Gasteiger partial charge in [-0.25, -0.2) is 0 Å². The summed E-state index contributed by atoms with van der Waals surface area (Å²) in [7, 11) is 0. The Morgan fingerprint density at radius 1 is 0.938 bits per heavy atom. The van der Waals surface area contributed by atoms with Crippen molar-refractivity contribution in [1.29, 1.82) is 0 Å². The molecule has 0 spiro atoms. The fourth-order valence-electron chi connectivity index (χ4n) is 2.85. The third-order valence-electron chi connectivity index (χ3n) is 3.90. The molecule has 1 aliphatic heterocycles. The Bertz CT molecular complexity index is 216. The van der Waals surface area contributed by atoms with E-state index in [1.54, 1.807) is 0 Å². The molecular weight excluding hydrogens is 200 g/mol. The molecule has 1 aliphatic carbocycles. The van der Waals surface area contributed by atoms with Crippen LogP contribution in [0.1, 0.15) is 51.4 Å². The molecule has 0 aromatic rings. The van der Waals surface area contributed by atoms with Crippen LogP contribution in [0.15, 0.2) is 0 Å². The van der Waals surface area contributed by atoms with Crippen molar-refractivity contribution >= 4 is 5.91 Å². The first kappa shape index (κ1) is 11.9. The van der Waals surface area contributed by atoms with E-state index in [0.717, 1.165) is 32.4 Å². The second-order valence-electron chi connectivity index (χ2n) is 5.22. The molecule has 2 aliphatic rings. The van der Waals surface area contributed by atoms with Gasteiger partial charge in [0.2, 0.25) is 5.91 Å². The van der Waals surface area contributed by atoms with Crippen LogP contribution >= 0.6 is 0 Å². The van der Waals surface area contributed by atoms with E-state index in [0.29, 0.717) is 11.9 Å². The Balaban J connectivity index is 1.76. The fourth-order valence-corrected chi connectivity index (χ4v) is 2.85. The van der Waals surface area contributed by atoms with E-state index in [-0.39, 0.29) is 5.92 Å². The van der Waals surface area contributed by atoms with Crippen molar-refractivity contribution in [3.05, 3.63) is 0 Å². The molecule has 1 heterocycles. The molecule has 92 valence electrons. The van der Waals surface area contributed by atoms with Gasteiger partial charge in [0.05, 0.1) is 0 Å². The Morgan fingerprint density at radius 3 is 2.56 bits per heavy atom. The van der Waals surface area contributed by atoms with Crippen molar-refractivity contribution in [2.75, 3.05) is 13.1 Å². The molecule has 1 amide bonds. The van der Waals surface area contributed by atoms with Gasteiger partial charge in [0.15, 0.2) is 0 Å². The second kappa shape index (κ2) is 6.24. The fraction of sp³-hybridized carbons (Fsp3) is 0.923. The normalized spacial score (nSPS) is 28.4. The maximum Gasteiger partial charge on any atom is 0.223 e. The van der Waals surface area contributed by atoms with E-state index < -0.39 is 0 Å². The first-order valence-electron chi connectivity index (χ1n) is 6.87. The number of carbonyl (C=O) groups excluding carboxylic acids is 1. The first-order valence-corrected chi connectivity index (χ1v) is 6.87. The lowest BCUT2D eigenvalue weighted by Gasteiger charge is -2.25. The van der Waals surface area contributed by atoms with Crippen LogP contribution in [-0.4, -0.2) is 25.0 Å². The predicted octanol–water partition coefficient (Wildman–Crippen LogP) is 1.82. The summed E-state index contributed by atoms with van der Waals surface area (Å²) in [6.07, 6.45) is 9.52. The van der Waals surface area contributed by atoms with Gasteiger partial charge in [-0.15, -0.1) is 0 Å². The highest BCUT2D eigenvalue weighted by Crippen LogP contribution is 2.19. The molecule has 3 nitrogen and oxygen atoms in total. The van der Waals surface area contributed by atoms with Crippen LogP contribution in [0.2, 0.25) is 0 Å². The Labute approximate surface area is 98.4 Å². The monoisotopic (exact) mass is 224 g/mol. The largest absolute Gasteiger partial charge is 0.353 e. The molecule has 2 fully saturated rings. The SMILES string of the molecule is O=C(NC1CCCCC1)C1CCCNCC1. The number of hydrogen-bond acceptors (Lipinski definition) is 2. The zero-order chi connectivity index (χ0) is 11.2. The maximum absolute atomic E-state index is 12.1. The van der Waals surface area contributed by atoms with Crippen LogP contribution in [0, 0.1) is 5.92 Å². The van der Waals surface area contributed by atoms with Crippen molar-refractivity contribution < 1.29 is 4.79 Å². The highest BCUT2D eigenvalue weighted by Gasteiger charge is 2.23. The highest BCUT2D eigenvalue weighted by atomic mass is 16.1. The van der Waals surface area contributed by atoms with E-state index in [9.17, 15) is 4.79 Å². The van der Waals surface area contributed by atoms with Crippen LogP contribution in [-0.2, 0) is 4.79 Å². The van der Waals surface area contributed by atoms with E-state index in [1.165, 1.54) is 32.1 Å². The van der Waals surface area contributed by atoms with Gasteiger partial charge in [0, 0.05) is 12.0 Å². The zero-order valence-electron chi connectivity index (χ0n) is 10.1. The van der Waals surface area contributed by atoms with Crippen LogP contribution in [0.25, 0.3) is 0 Å². The van der Waals surface area contributed by atoms with E-state index >= 15 is 0 Å².